The Bertz CT molecular complexity index is 1260. The zero-order valence-corrected chi connectivity index (χ0v) is 15.4. The normalized spacial score (nSPS) is 13.8. The summed E-state index contributed by atoms with van der Waals surface area (Å²) in [5.41, 5.74) is 2.11. The van der Waals surface area contributed by atoms with Crippen LogP contribution >= 0.6 is 0 Å². The molecule has 5 heterocycles. The Hall–Kier alpha value is -4.01. The lowest BCUT2D eigenvalue weighted by Crippen LogP contribution is -2.30. The Labute approximate surface area is 165 Å². The number of nitrogens with one attached hydrogen (secondary N) is 2. The number of carbonyl (C=O) groups excluding carboxylic acids is 1. The van der Waals surface area contributed by atoms with E-state index in [1.54, 1.807) is 36.7 Å². The van der Waals surface area contributed by atoms with Gasteiger partial charge >= 0.3 is 5.69 Å². The Morgan fingerprint density at radius 3 is 2.76 bits per heavy atom. The number of nitrogens with zero attached hydrogens (tertiary/aromatic N) is 5. The van der Waals surface area contributed by atoms with Crippen molar-refractivity contribution in [3.63, 3.8) is 0 Å². The first kappa shape index (κ1) is 17.1. The summed E-state index contributed by atoms with van der Waals surface area (Å²) in [6.45, 7) is 1.58. The standard InChI is InChI=1S/C20H17N7O2/c28-19-14-6-7-16(27-15-5-3-9-22-17(15)25-20(27)29)24-18(14)26(11-10-23-19)12-13-4-1-2-8-21-13/h1-9H,10-12H2,(H,23,28)(H,22,25,29). The van der Waals surface area contributed by atoms with Crippen molar-refractivity contribution >= 4 is 22.9 Å². The summed E-state index contributed by atoms with van der Waals surface area (Å²) in [4.78, 5) is 43.0. The van der Waals surface area contributed by atoms with Crippen LogP contribution in [0.3, 0.4) is 0 Å². The molecule has 4 aromatic rings. The summed E-state index contributed by atoms with van der Waals surface area (Å²) in [6, 6.07) is 12.6. The van der Waals surface area contributed by atoms with Crippen LogP contribution < -0.4 is 15.9 Å². The van der Waals surface area contributed by atoms with Crippen LogP contribution in [0.5, 0.6) is 0 Å². The first-order valence-corrected chi connectivity index (χ1v) is 9.21. The fourth-order valence-corrected chi connectivity index (χ4v) is 3.50. The number of H-pyrrole nitrogens is 1. The minimum Gasteiger partial charge on any atom is -0.350 e. The molecule has 0 spiro atoms. The first-order chi connectivity index (χ1) is 14.2. The van der Waals surface area contributed by atoms with Gasteiger partial charge in [-0.1, -0.05) is 6.07 Å². The maximum atomic E-state index is 12.5. The number of amides is 1. The quantitative estimate of drug-likeness (QED) is 0.548. The number of aromatic nitrogens is 5. The summed E-state index contributed by atoms with van der Waals surface area (Å²) in [6.07, 6.45) is 3.35. The van der Waals surface area contributed by atoms with Crippen molar-refractivity contribution in [2.75, 3.05) is 18.0 Å². The molecule has 0 aromatic carbocycles. The molecule has 5 rings (SSSR count). The van der Waals surface area contributed by atoms with E-state index < -0.39 is 0 Å². The smallest absolute Gasteiger partial charge is 0.333 e. The minimum absolute atomic E-state index is 0.185. The summed E-state index contributed by atoms with van der Waals surface area (Å²) in [5.74, 6) is 0.762. The number of rotatable bonds is 3. The Balaban J connectivity index is 1.64. The number of imidazole rings is 1. The number of hydrogen-bond donors (Lipinski definition) is 2. The van der Waals surface area contributed by atoms with Gasteiger partial charge in [-0.25, -0.2) is 19.3 Å². The lowest BCUT2D eigenvalue weighted by atomic mass is 10.2. The maximum Gasteiger partial charge on any atom is 0.333 e. The molecule has 29 heavy (non-hydrogen) atoms. The van der Waals surface area contributed by atoms with Gasteiger partial charge in [0, 0.05) is 25.5 Å². The van der Waals surface area contributed by atoms with Gasteiger partial charge in [0.05, 0.1) is 23.3 Å². The topological polar surface area (TPSA) is 109 Å². The molecule has 0 unspecified atom stereocenters. The van der Waals surface area contributed by atoms with Crippen LogP contribution in [0.25, 0.3) is 17.0 Å². The van der Waals surface area contributed by atoms with Crippen LogP contribution in [0, 0.1) is 0 Å². The molecule has 9 heteroatoms. The fourth-order valence-electron chi connectivity index (χ4n) is 3.50. The van der Waals surface area contributed by atoms with Crippen molar-refractivity contribution in [3.8, 4) is 5.82 Å². The van der Waals surface area contributed by atoms with E-state index in [2.05, 4.69) is 20.3 Å². The number of anilines is 1. The van der Waals surface area contributed by atoms with Gasteiger partial charge < -0.3 is 10.2 Å². The molecule has 144 valence electrons. The lowest BCUT2D eigenvalue weighted by Gasteiger charge is -2.23. The summed E-state index contributed by atoms with van der Waals surface area (Å²) in [7, 11) is 0. The van der Waals surface area contributed by atoms with Crippen molar-refractivity contribution < 1.29 is 4.79 Å². The van der Waals surface area contributed by atoms with E-state index in [1.807, 2.05) is 23.1 Å². The highest BCUT2D eigenvalue weighted by atomic mass is 16.2. The monoisotopic (exact) mass is 387 g/mol. The molecule has 1 amide bonds. The second kappa shape index (κ2) is 6.86. The molecule has 9 nitrogen and oxygen atoms in total. The highest BCUT2D eigenvalue weighted by Crippen LogP contribution is 2.24. The van der Waals surface area contributed by atoms with Crippen molar-refractivity contribution in [1.82, 2.24) is 29.8 Å². The third kappa shape index (κ3) is 3.02. The fraction of sp³-hybridized carbons (Fsp3) is 0.150. The molecule has 4 aromatic heterocycles. The predicted octanol–water partition coefficient (Wildman–Crippen LogP) is 1.25. The van der Waals surface area contributed by atoms with Gasteiger partial charge in [-0.3, -0.25) is 14.8 Å². The van der Waals surface area contributed by atoms with E-state index in [9.17, 15) is 9.59 Å². The number of hydrogen-bond acceptors (Lipinski definition) is 6. The third-order valence-corrected chi connectivity index (χ3v) is 4.84. The molecule has 0 bridgehead atoms. The molecule has 2 N–H and O–H groups in total. The molecule has 1 aliphatic heterocycles. The van der Waals surface area contributed by atoms with E-state index in [0.29, 0.717) is 48.0 Å². The second-order valence-electron chi connectivity index (χ2n) is 6.68. The van der Waals surface area contributed by atoms with Gasteiger partial charge in [0.25, 0.3) is 5.91 Å². The van der Waals surface area contributed by atoms with E-state index in [1.165, 1.54) is 4.57 Å². The van der Waals surface area contributed by atoms with Gasteiger partial charge in [-0.15, -0.1) is 0 Å². The van der Waals surface area contributed by atoms with Crippen LogP contribution in [0.4, 0.5) is 5.82 Å². The molecule has 1 aliphatic rings. The van der Waals surface area contributed by atoms with Crippen LogP contribution in [-0.4, -0.2) is 43.5 Å². The van der Waals surface area contributed by atoms with Crippen LogP contribution in [0.1, 0.15) is 16.1 Å². The number of pyridine rings is 3. The highest BCUT2D eigenvalue weighted by Gasteiger charge is 2.24. The van der Waals surface area contributed by atoms with E-state index in [4.69, 9.17) is 4.98 Å². The predicted molar refractivity (Wildman–Crippen MR) is 107 cm³/mol. The molecular formula is C20H17N7O2. The van der Waals surface area contributed by atoms with Gasteiger partial charge in [0.15, 0.2) is 5.65 Å². The maximum absolute atomic E-state index is 12.5. The van der Waals surface area contributed by atoms with Crippen molar-refractivity contribution in [2.45, 2.75) is 6.54 Å². The van der Waals surface area contributed by atoms with Crippen LogP contribution in [0.15, 0.2) is 59.7 Å². The lowest BCUT2D eigenvalue weighted by molar-refractivity contribution is 0.0958. The average molecular weight is 387 g/mol. The molecule has 0 fully saturated rings. The summed E-state index contributed by atoms with van der Waals surface area (Å²) < 4.78 is 1.46. The van der Waals surface area contributed by atoms with E-state index >= 15 is 0 Å². The number of aromatic amines is 1. The zero-order chi connectivity index (χ0) is 19.8. The van der Waals surface area contributed by atoms with E-state index in [0.717, 1.165) is 5.69 Å². The molecular weight excluding hydrogens is 370 g/mol. The number of carbonyl (C=O) groups is 1. The SMILES string of the molecule is O=C1NCCN(Cc2ccccn2)c2nc(-n3c(=O)[nH]c4ncccc43)ccc21. The first-order valence-electron chi connectivity index (χ1n) is 9.21. The zero-order valence-electron chi connectivity index (χ0n) is 15.4. The largest absolute Gasteiger partial charge is 0.350 e. The molecule has 0 radical (unpaired) electrons. The van der Waals surface area contributed by atoms with Crippen molar-refractivity contribution in [1.29, 1.82) is 0 Å². The third-order valence-electron chi connectivity index (χ3n) is 4.84. The van der Waals surface area contributed by atoms with Crippen molar-refractivity contribution in [2.24, 2.45) is 0 Å². The van der Waals surface area contributed by atoms with Crippen LogP contribution in [-0.2, 0) is 6.54 Å². The highest BCUT2D eigenvalue weighted by molar-refractivity contribution is 5.99. The molecule has 0 saturated heterocycles. The molecule has 0 aliphatic carbocycles. The number of fused-ring (bicyclic) bond motifs is 2. The average Bonchev–Trinajstić information content (AvgIpc) is 3.00. The Morgan fingerprint density at radius 2 is 1.90 bits per heavy atom. The summed E-state index contributed by atoms with van der Waals surface area (Å²) >= 11 is 0. The van der Waals surface area contributed by atoms with Gasteiger partial charge in [-0.05, 0) is 36.4 Å². The van der Waals surface area contributed by atoms with Crippen LogP contribution in [0.2, 0.25) is 0 Å². The minimum atomic E-state index is -0.333. The molecule has 0 atom stereocenters. The van der Waals surface area contributed by atoms with E-state index in [-0.39, 0.29) is 11.6 Å². The second-order valence-corrected chi connectivity index (χ2v) is 6.68. The van der Waals surface area contributed by atoms with Gasteiger partial charge in [0.1, 0.15) is 11.6 Å². The van der Waals surface area contributed by atoms with Gasteiger partial charge in [-0.2, -0.15) is 0 Å². The Morgan fingerprint density at radius 1 is 1.00 bits per heavy atom. The Kier molecular flexibility index (Phi) is 4.05. The molecule has 0 saturated carbocycles. The van der Waals surface area contributed by atoms with Gasteiger partial charge in [0.2, 0.25) is 0 Å². The summed E-state index contributed by atoms with van der Waals surface area (Å²) in [5, 5.41) is 2.89. The van der Waals surface area contributed by atoms with Crippen molar-refractivity contribution in [3.05, 3.63) is 76.6 Å².